The molecule has 0 bridgehead atoms. The van der Waals surface area contributed by atoms with E-state index in [1.54, 1.807) is 57.3 Å². The van der Waals surface area contributed by atoms with Crippen LogP contribution in [0, 0.1) is 0 Å². The third-order valence-electron chi connectivity index (χ3n) is 2.23. The summed E-state index contributed by atoms with van der Waals surface area (Å²) >= 11 is 5.97. The summed E-state index contributed by atoms with van der Waals surface area (Å²) in [5, 5.41) is 10.7. The van der Waals surface area contributed by atoms with E-state index in [4.69, 9.17) is 16.4 Å². The number of benzene rings is 1. The maximum Gasteiger partial charge on any atom is 0.258 e. The second-order valence-electron chi connectivity index (χ2n) is 3.84. The molecule has 0 heterocycles. The molecule has 1 aromatic rings. The van der Waals surface area contributed by atoms with Gasteiger partial charge in [0.15, 0.2) is 5.84 Å². The number of amidine groups is 1. The minimum absolute atomic E-state index is 0.279. The van der Waals surface area contributed by atoms with Gasteiger partial charge in [-0.2, -0.15) is 5.48 Å². The predicted molar refractivity (Wildman–Crippen MR) is 84.4 cm³/mol. The van der Waals surface area contributed by atoms with Crippen molar-refractivity contribution in [1.29, 1.82) is 0 Å². The van der Waals surface area contributed by atoms with E-state index in [9.17, 15) is 4.79 Å². The molecule has 7 heteroatoms. The molecule has 0 spiro atoms. The Morgan fingerprint density at radius 2 is 2.05 bits per heavy atom. The van der Waals surface area contributed by atoms with Crippen LogP contribution in [0.4, 0.5) is 0 Å². The molecule has 0 aliphatic rings. The van der Waals surface area contributed by atoms with Crippen LogP contribution < -0.4 is 10.8 Å². The van der Waals surface area contributed by atoms with Gasteiger partial charge in [-0.15, -0.1) is 10.2 Å². The fraction of sp³-hybridized carbons (Fsp3) is 0.214. The third kappa shape index (κ3) is 5.76. The predicted octanol–water partition coefficient (Wildman–Crippen LogP) is 2.53. The number of rotatable bonds is 4. The van der Waals surface area contributed by atoms with E-state index >= 15 is 0 Å². The number of hydrogen-bond donors (Lipinski definition) is 2. The Morgan fingerprint density at radius 1 is 1.33 bits per heavy atom. The molecule has 0 radical (unpaired) electrons. The molecular weight excluding hydrogens is 292 g/mol. The average Bonchev–Trinajstić information content (AvgIpc) is 2.45. The Hall–Kier alpha value is -2.18. The van der Waals surface area contributed by atoms with Crippen molar-refractivity contribution in [3.8, 4) is 0 Å². The first kappa shape index (κ1) is 16.9. The Morgan fingerprint density at radius 3 is 2.67 bits per heavy atom. The van der Waals surface area contributed by atoms with Crippen LogP contribution in [0.5, 0.6) is 0 Å². The summed E-state index contributed by atoms with van der Waals surface area (Å²) < 4.78 is 0. The normalized spacial score (nSPS) is 12.6. The van der Waals surface area contributed by atoms with E-state index in [-0.39, 0.29) is 11.7 Å². The highest BCUT2D eigenvalue weighted by atomic mass is 35.5. The van der Waals surface area contributed by atoms with Crippen LogP contribution in [0.25, 0.3) is 0 Å². The Labute approximate surface area is 128 Å². The molecule has 2 N–H and O–H groups in total. The summed E-state index contributed by atoms with van der Waals surface area (Å²) in [7, 11) is 1.61. The molecule has 6 nitrogen and oxygen atoms in total. The molecule has 0 atom stereocenters. The van der Waals surface area contributed by atoms with Gasteiger partial charge < -0.3 is 10.2 Å². The van der Waals surface area contributed by atoms with Gasteiger partial charge in [-0.3, -0.25) is 4.79 Å². The lowest BCUT2D eigenvalue weighted by atomic mass is 10.2. The van der Waals surface area contributed by atoms with Crippen LogP contribution in [0.3, 0.4) is 0 Å². The maximum atomic E-state index is 12.1. The van der Waals surface area contributed by atoms with Crippen LogP contribution in [0.2, 0.25) is 5.02 Å². The Bertz CT molecular complexity index is 582. The zero-order chi connectivity index (χ0) is 15.7. The van der Waals surface area contributed by atoms with Gasteiger partial charge in [0.25, 0.3) is 5.91 Å². The first-order valence-electron chi connectivity index (χ1n) is 6.23. The number of allylic oxidation sites excluding steroid dienone is 1. The van der Waals surface area contributed by atoms with Gasteiger partial charge in [0.05, 0.1) is 10.6 Å². The van der Waals surface area contributed by atoms with Gasteiger partial charge in [-0.25, -0.2) is 0 Å². The molecule has 0 aliphatic carbocycles. The number of nitrogens with zero attached hydrogens (tertiary/aromatic N) is 2. The van der Waals surface area contributed by atoms with Crippen molar-refractivity contribution in [3.63, 3.8) is 0 Å². The van der Waals surface area contributed by atoms with E-state index in [1.807, 2.05) is 0 Å². The average molecular weight is 309 g/mol. The van der Waals surface area contributed by atoms with Crippen molar-refractivity contribution >= 4 is 29.2 Å². The minimum Gasteiger partial charge on any atom is -0.392 e. The molecule has 1 rings (SSSR count). The summed E-state index contributed by atoms with van der Waals surface area (Å²) in [6, 6.07) is 6.76. The van der Waals surface area contributed by atoms with Gasteiger partial charge in [-0.05, 0) is 25.1 Å². The number of hydrogen-bond acceptors (Lipinski definition) is 5. The van der Waals surface area contributed by atoms with Crippen molar-refractivity contribution in [2.45, 2.75) is 13.8 Å². The topological polar surface area (TPSA) is 75.1 Å². The van der Waals surface area contributed by atoms with Crippen molar-refractivity contribution in [1.82, 2.24) is 10.8 Å². The van der Waals surface area contributed by atoms with E-state index < -0.39 is 0 Å². The third-order valence-corrected chi connectivity index (χ3v) is 2.56. The smallest absolute Gasteiger partial charge is 0.258 e. The zero-order valence-electron chi connectivity index (χ0n) is 12.1. The molecule has 0 fully saturated rings. The van der Waals surface area contributed by atoms with E-state index in [0.717, 1.165) is 0 Å². The highest BCUT2D eigenvalue weighted by molar-refractivity contribution is 6.34. The number of halogens is 1. The largest absolute Gasteiger partial charge is 0.392 e. The highest BCUT2D eigenvalue weighted by Gasteiger charge is 2.10. The Kier molecular flexibility index (Phi) is 7.14. The summed E-state index contributed by atoms with van der Waals surface area (Å²) in [6.45, 7) is 3.43. The quantitative estimate of drug-likeness (QED) is 0.510. The molecule has 1 amide bonds. The van der Waals surface area contributed by atoms with Crippen molar-refractivity contribution in [2.24, 2.45) is 10.2 Å². The van der Waals surface area contributed by atoms with Crippen LogP contribution in [0.1, 0.15) is 24.2 Å². The molecule has 21 heavy (non-hydrogen) atoms. The van der Waals surface area contributed by atoms with Crippen LogP contribution >= 0.6 is 11.6 Å². The molecule has 0 unspecified atom stereocenters. The van der Waals surface area contributed by atoms with Gasteiger partial charge >= 0.3 is 0 Å². The van der Waals surface area contributed by atoms with E-state index in [2.05, 4.69) is 21.0 Å². The maximum absolute atomic E-state index is 12.1. The minimum atomic E-state index is -0.361. The molecule has 0 saturated carbocycles. The van der Waals surface area contributed by atoms with E-state index in [0.29, 0.717) is 16.5 Å². The van der Waals surface area contributed by atoms with Gasteiger partial charge in [0.2, 0.25) is 5.90 Å². The molecule has 112 valence electrons. The second kappa shape index (κ2) is 8.89. The van der Waals surface area contributed by atoms with E-state index in [1.165, 1.54) is 0 Å². The monoisotopic (exact) mass is 308 g/mol. The summed E-state index contributed by atoms with van der Waals surface area (Å²) in [5.41, 5.74) is 2.84. The number of hydroxylamine groups is 1. The highest BCUT2D eigenvalue weighted by Crippen LogP contribution is 2.14. The van der Waals surface area contributed by atoms with Crippen LogP contribution in [-0.2, 0) is 4.84 Å². The number of carbonyl (C=O) groups is 1. The lowest BCUT2D eigenvalue weighted by Crippen LogP contribution is -2.29. The van der Waals surface area contributed by atoms with Crippen molar-refractivity contribution in [2.75, 3.05) is 7.05 Å². The SMILES string of the molecule is C\C=C/C(=N\N=C(\C)ONC)NC(=O)c1ccccc1Cl. The van der Waals surface area contributed by atoms with Gasteiger partial charge in [0, 0.05) is 14.0 Å². The van der Waals surface area contributed by atoms with Crippen LogP contribution in [-0.4, -0.2) is 24.7 Å². The van der Waals surface area contributed by atoms with Gasteiger partial charge in [0.1, 0.15) is 0 Å². The lowest BCUT2D eigenvalue weighted by molar-refractivity contribution is 0.0977. The second-order valence-corrected chi connectivity index (χ2v) is 4.25. The van der Waals surface area contributed by atoms with Crippen LogP contribution in [0.15, 0.2) is 46.6 Å². The van der Waals surface area contributed by atoms with Gasteiger partial charge in [-0.1, -0.05) is 29.8 Å². The number of carbonyl (C=O) groups excluding carboxylic acids is 1. The first-order chi connectivity index (χ1) is 10.1. The molecule has 0 aliphatic heterocycles. The fourth-order valence-corrected chi connectivity index (χ4v) is 1.60. The fourth-order valence-electron chi connectivity index (χ4n) is 1.38. The summed E-state index contributed by atoms with van der Waals surface area (Å²) in [4.78, 5) is 17.0. The zero-order valence-corrected chi connectivity index (χ0v) is 12.8. The number of nitrogens with one attached hydrogen (secondary N) is 2. The summed E-state index contributed by atoms with van der Waals surface area (Å²) in [5.74, 6) is 0.229. The lowest BCUT2D eigenvalue weighted by Gasteiger charge is -2.05. The van der Waals surface area contributed by atoms with Crippen molar-refractivity contribution < 1.29 is 9.63 Å². The van der Waals surface area contributed by atoms with Crippen molar-refractivity contribution in [3.05, 3.63) is 47.0 Å². The standard InChI is InChI=1S/C14H17ClN4O2/c1-4-7-13(19-18-10(2)21-16-3)17-14(20)11-8-5-6-9-12(11)15/h4-9,16H,1-3H3,(H,17,19,20)/b7-4-,18-10-. The summed E-state index contributed by atoms with van der Waals surface area (Å²) in [6.07, 6.45) is 3.35. The number of amides is 1. The molecule has 0 saturated heterocycles. The molecule has 1 aromatic carbocycles. The first-order valence-corrected chi connectivity index (χ1v) is 6.60. The molecular formula is C14H17ClN4O2. The Balaban J connectivity index is 2.89. The molecule has 0 aromatic heterocycles.